The summed E-state index contributed by atoms with van der Waals surface area (Å²) in [7, 11) is 2.14. The van der Waals surface area contributed by atoms with Gasteiger partial charge in [-0.1, -0.05) is 12.8 Å². The van der Waals surface area contributed by atoms with Crippen molar-refractivity contribution in [1.82, 2.24) is 10.2 Å². The number of nitrogens with one attached hydrogen (secondary N) is 1. The van der Waals surface area contributed by atoms with Crippen LogP contribution in [0.25, 0.3) is 0 Å². The van der Waals surface area contributed by atoms with Gasteiger partial charge in [0, 0.05) is 31.0 Å². The molecule has 0 bridgehead atoms. The van der Waals surface area contributed by atoms with Crippen LogP contribution in [0.4, 0.5) is 0 Å². The van der Waals surface area contributed by atoms with Crippen LogP contribution in [0.5, 0.6) is 0 Å². The zero-order chi connectivity index (χ0) is 14.4. The molecule has 1 heterocycles. The van der Waals surface area contributed by atoms with Gasteiger partial charge in [0.15, 0.2) is 0 Å². The summed E-state index contributed by atoms with van der Waals surface area (Å²) in [6.07, 6.45) is 8.00. The molecule has 1 saturated carbocycles. The van der Waals surface area contributed by atoms with Gasteiger partial charge in [-0.05, 0) is 46.2 Å². The molecule has 1 aliphatic carbocycles. The molecule has 4 nitrogen and oxygen atoms in total. The number of rotatable bonds is 7. The van der Waals surface area contributed by atoms with Crippen LogP contribution in [0, 0.1) is 5.41 Å². The van der Waals surface area contributed by atoms with Gasteiger partial charge in [0.25, 0.3) is 0 Å². The normalized spacial score (nSPS) is 26.0. The molecule has 0 aromatic heterocycles. The van der Waals surface area contributed by atoms with Crippen LogP contribution in [0.15, 0.2) is 0 Å². The first-order valence-electron chi connectivity index (χ1n) is 8.20. The minimum atomic E-state index is 0.214. The number of carbonyl (C=O) groups is 1. The van der Waals surface area contributed by atoms with Crippen molar-refractivity contribution in [3.8, 4) is 0 Å². The Morgan fingerprint density at radius 3 is 2.75 bits per heavy atom. The summed E-state index contributed by atoms with van der Waals surface area (Å²) in [5.74, 6) is 0.214. The SMILES string of the molecule is CCOCC1(CNC(=O)C[C@@H]2CCCCN2C)CCC1. The van der Waals surface area contributed by atoms with E-state index in [9.17, 15) is 4.79 Å². The molecular weight excluding hydrogens is 252 g/mol. The Bertz CT molecular complexity index is 316. The van der Waals surface area contributed by atoms with Crippen molar-refractivity contribution < 1.29 is 9.53 Å². The number of ether oxygens (including phenoxy) is 1. The average molecular weight is 282 g/mol. The minimum absolute atomic E-state index is 0.214. The van der Waals surface area contributed by atoms with Crippen LogP contribution < -0.4 is 5.32 Å². The fourth-order valence-corrected chi connectivity index (χ4v) is 3.34. The van der Waals surface area contributed by atoms with Crippen LogP contribution >= 0.6 is 0 Å². The Kier molecular flexibility index (Phi) is 5.85. The summed E-state index contributed by atoms with van der Waals surface area (Å²) in [5, 5.41) is 3.16. The third-order valence-corrected chi connectivity index (χ3v) is 5.03. The smallest absolute Gasteiger partial charge is 0.221 e. The Hall–Kier alpha value is -0.610. The van der Waals surface area contributed by atoms with Crippen molar-refractivity contribution in [2.24, 2.45) is 5.41 Å². The Morgan fingerprint density at radius 2 is 2.15 bits per heavy atom. The van der Waals surface area contributed by atoms with Gasteiger partial charge < -0.3 is 15.0 Å². The highest BCUT2D eigenvalue weighted by Gasteiger charge is 2.37. The van der Waals surface area contributed by atoms with Crippen molar-refractivity contribution >= 4 is 5.91 Å². The summed E-state index contributed by atoms with van der Waals surface area (Å²) in [4.78, 5) is 14.5. The van der Waals surface area contributed by atoms with Gasteiger partial charge in [-0.3, -0.25) is 4.79 Å². The third kappa shape index (κ3) is 4.19. The maximum Gasteiger partial charge on any atom is 0.221 e. The lowest BCUT2D eigenvalue weighted by Crippen LogP contribution is -2.47. The highest BCUT2D eigenvalue weighted by Crippen LogP contribution is 2.40. The van der Waals surface area contributed by atoms with Gasteiger partial charge in [-0.2, -0.15) is 0 Å². The van der Waals surface area contributed by atoms with Crippen molar-refractivity contribution in [2.45, 2.75) is 57.9 Å². The van der Waals surface area contributed by atoms with E-state index in [-0.39, 0.29) is 11.3 Å². The molecule has 2 fully saturated rings. The second-order valence-corrected chi connectivity index (χ2v) is 6.60. The largest absolute Gasteiger partial charge is 0.381 e. The number of likely N-dealkylation sites (tertiary alicyclic amines) is 1. The van der Waals surface area contributed by atoms with Gasteiger partial charge in [-0.25, -0.2) is 0 Å². The zero-order valence-corrected chi connectivity index (χ0v) is 13.1. The number of piperidine rings is 1. The molecule has 1 aliphatic heterocycles. The van der Waals surface area contributed by atoms with Crippen molar-refractivity contribution in [2.75, 3.05) is 33.4 Å². The summed E-state index contributed by atoms with van der Waals surface area (Å²) in [6.45, 7) is 5.52. The van der Waals surface area contributed by atoms with Gasteiger partial charge in [0.1, 0.15) is 0 Å². The zero-order valence-electron chi connectivity index (χ0n) is 13.1. The average Bonchev–Trinajstić information content (AvgIpc) is 2.40. The second kappa shape index (κ2) is 7.41. The fourth-order valence-electron chi connectivity index (χ4n) is 3.34. The highest BCUT2D eigenvalue weighted by atomic mass is 16.5. The molecule has 0 radical (unpaired) electrons. The van der Waals surface area contributed by atoms with Gasteiger partial charge in [-0.15, -0.1) is 0 Å². The van der Waals surface area contributed by atoms with Crippen LogP contribution in [0.2, 0.25) is 0 Å². The molecule has 116 valence electrons. The van der Waals surface area contributed by atoms with E-state index >= 15 is 0 Å². The van der Waals surface area contributed by atoms with Gasteiger partial charge in [0.05, 0.1) is 6.61 Å². The molecule has 4 heteroatoms. The van der Waals surface area contributed by atoms with E-state index in [1.54, 1.807) is 0 Å². The van der Waals surface area contributed by atoms with E-state index in [0.717, 1.165) is 32.7 Å². The molecule has 2 rings (SSSR count). The highest BCUT2D eigenvalue weighted by molar-refractivity contribution is 5.76. The summed E-state index contributed by atoms with van der Waals surface area (Å²) in [6, 6.07) is 0.438. The number of nitrogens with zero attached hydrogens (tertiary/aromatic N) is 1. The van der Waals surface area contributed by atoms with E-state index < -0.39 is 0 Å². The summed E-state index contributed by atoms with van der Waals surface area (Å²) >= 11 is 0. The number of carbonyl (C=O) groups excluding carboxylic acids is 1. The molecule has 0 unspecified atom stereocenters. The quantitative estimate of drug-likeness (QED) is 0.778. The van der Waals surface area contributed by atoms with E-state index in [0.29, 0.717) is 12.5 Å². The number of amides is 1. The number of hydrogen-bond acceptors (Lipinski definition) is 3. The fraction of sp³-hybridized carbons (Fsp3) is 0.938. The topological polar surface area (TPSA) is 41.6 Å². The van der Waals surface area contributed by atoms with Crippen LogP contribution in [-0.2, 0) is 9.53 Å². The van der Waals surface area contributed by atoms with Crippen LogP contribution in [0.1, 0.15) is 51.9 Å². The lowest BCUT2D eigenvalue weighted by Gasteiger charge is -2.41. The molecule has 0 spiro atoms. The standard InChI is InChI=1S/C16H30N2O2/c1-3-20-13-16(8-6-9-16)12-17-15(19)11-14-7-4-5-10-18(14)2/h14H,3-13H2,1-2H3,(H,17,19)/t14-/m0/s1. The third-order valence-electron chi connectivity index (χ3n) is 5.03. The monoisotopic (exact) mass is 282 g/mol. The van der Waals surface area contributed by atoms with Crippen molar-refractivity contribution in [1.29, 1.82) is 0 Å². The lowest BCUT2D eigenvalue weighted by atomic mass is 9.69. The molecule has 0 aromatic carbocycles. The predicted molar refractivity (Wildman–Crippen MR) is 80.7 cm³/mol. The molecule has 1 atom stereocenters. The lowest BCUT2D eigenvalue weighted by molar-refractivity contribution is -0.123. The molecule has 0 aromatic rings. The predicted octanol–water partition coefficient (Wildman–Crippen LogP) is 2.18. The van der Waals surface area contributed by atoms with Gasteiger partial charge >= 0.3 is 0 Å². The molecular formula is C16H30N2O2. The Labute approximate surface area is 123 Å². The molecule has 1 amide bonds. The van der Waals surface area contributed by atoms with Crippen LogP contribution in [-0.4, -0.2) is 50.2 Å². The Balaban J connectivity index is 1.71. The molecule has 2 aliphatic rings. The van der Waals surface area contributed by atoms with E-state index in [2.05, 4.69) is 17.3 Å². The molecule has 20 heavy (non-hydrogen) atoms. The minimum Gasteiger partial charge on any atom is -0.381 e. The summed E-state index contributed by atoms with van der Waals surface area (Å²) in [5.41, 5.74) is 0.226. The van der Waals surface area contributed by atoms with E-state index in [4.69, 9.17) is 4.74 Å². The second-order valence-electron chi connectivity index (χ2n) is 6.60. The maximum absolute atomic E-state index is 12.1. The maximum atomic E-state index is 12.1. The summed E-state index contributed by atoms with van der Waals surface area (Å²) < 4.78 is 5.58. The van der Waals surface area contributed by atoms with Crippen LogP contribution in [0.3, 0.4) is 0 Å². The number of hydrogen-bond donors (Lipinski definition) is 1. The molecule has 1 saturated heterocycles. The Morgan fingerprint density at radius 1 is 1.35 bits per heavy atom. The van der Waals surface area contributed by atoms with Crippen molar-refractivity contribution in [3.63, 3.8) is 0 Å². The van der Waals surface area contributed by atoms with E-state index in [1.165, 1.54) is 32.1 Å². The first kappa shape index (κ1) is 15.8. The molecule has 1 N–H and O–H groups in total. The van der Waals surface area contributed by atoms with Gasteiger partial charge in [0.2, 0.25) is 5.91 Å². The first-order chi connectivity index (χ1) is 9.65. The van der Waals surface area contributed by atoms with Crippen molar-refractivity contribution in [3.05, 3.63) is 0 Å². The van der Waals surface area contributed by atoms with E-state index in [1.807, 2.05) is 6.92 Å². The first-order valence-corrected chi connectivity index (χ1v) is 8.20.